The van der Waals surface area contributed by atoms with Crippen LogP contribution in [0.3, 0.4) is 0 Å². The summed E-state index contributed by atoms with van der Waals surface area (Å²) in [5.41, 5.74) is 9.21. The van der Waals surface area contributed by atoms with E-state index in [1.165, 1.54) is 0 Å². The number of nitrogens with two attached hydrogens (primary N) is 1. The quantitative estimate of drug-likeness (QED) is 0.907. The first-order valence-corrected chi connectivity index (χ1v) is 6.81. The van der Waals surface area contributed by atoms with Crippen LogP contribution in [0, 0.1) is 6.92 Å². The second-order valence-corrected chi connectivity index (χ2v) is 5.04. The molecule has 0 radical (unpaired) electrons. The Kier molecular flexibility index (Phi) is 4.77. The molecule has 0 bridgehead atoms. The lowest BCUT2D eigenvalue weighted by molar-refractivity contribution is -0.115. The first-order valence-electron chi connectivity index (χ1n) is 6.43. The van der Waals surface area contributed by atoms with Gasteiger partial charge >= 0.3 is 0 Å². The van der Waals surface area contributed by atoms with E-state index in [2.05, 4.69) is 5.32 Å². The van der Waals surface area contributed by atoms with Crippen LogP contribution in [0.4, 0.5) is 5.69 Å². The topological polar surface area (TPSA) is 55.1 Å². The molecule has 1 amide bonds. The van der Waals surface area contributed by atoms with E-state index >= 15 is 0 Å². The van der Waals surface area contributed by atoms with Crippen molar-refractivity contribution in [1.29, 1.82) is 0 Å². The second kappa shape index (κ2) is 6.55. The molecule has 20 heavy (non-hydrogen) atoms. The number of benzene rings is 2. The Morgan fingerprint density at radius 3 is 2.50 bits per heavy atom. The molecule has 0 saturated carbocycles. The molecule has 0 unspecified atom stereocenters. The summed E-state index contributed by atoms with van der Waals surface area (Å²) in [5.74, 6) is -0.0953. The van der Waals surface area contributed by atoms with Crippen LogP contribution in [0.2, 0.25) is 5.02 Å². The van der Waals surface area contributed by atoms with Gasteiger partial charge in [0, 0.05) is 6.54 Å². The number of hydrogen-bond donors (Lipinski definition) is 2. The molecule has 4 heteroatoms. The summed E-state index contributed by atoms with van der Waals surface area (Å²) in [6, 6.07) is 13.2. The Bertz CT molecular complexity index is 605. The Balaban J connectivity index is 2.13. The lowest BCUT2D eigenvalue weighted by Gasteiger charge is -2.11. The lowest BCUT2D eigenvalue weighted by atomic mass is 10.0. The average molecular weight is 289 g/mol. The second-order valence-electron chi connectivity index (χ2n) is 4.63. The largest absolute Gasteiger partial charge is 0.326 e. The van der Waals surface area contributed by atoms with Crippen LogP contribution in [0.1, 0.15) is 16.7 Å². The minimum Gasteiger partial charge on any atom is -0.326 e. The van der Waals surface area contributed by atoms with Crippen LogP contribution in [0.25, 0.3) is 0 Å². The maximum absolute atomic E-state index is 12.1. The Morgan fingerprint density at radius 2 is 1.85 bits per heavy atom. The van der Waals surface area contributed by atoms with Crippen LogP contribution in [-0.2, 0) is 17.8 Å². The van der Waals surface area contributed by atoms with Gasteiger partial charge in [-0.3, -0.25) is 4.79 Å². The zero-order valence-electron chi connectivity index (χ0n) is 11.3. The van der Waals surface area contributed by atoms with Crippen LogP contribution in [-0.4, -0.2) is 5.91 Å². The molecule has 3 nitrogen and oxygen atoms in total. The summed E-state index contributed by atoms with van der Waals surface area (Å²) in [4.78, 5) is 12.1. The first kappa shape index (κ1) is 14.6. The molecule has 2 rings (SSSR count). The number of hydrogen-bond acceptors (Lipinski definition) is 2. The molecule has 0 spiro atoms. The summed E-state index contributed by atoms with van der Waals surface area (Å²) in [5, 5.41) is 3.41. The van der Waals surface area contributed by atoms with E-state index in [-0.39, 0.29) is 12.3 Å². The van der Waals surface area contributed by atoms with Crippen LogP contribution >= 0.6 is 11.6 Å². The SMILES string of the molecule is Cc1cccc(Cl)c1NC(=O)Cc1ccccc1CN. The fourth-order valence-electron chi connectivity index (χ4n) is 2.08. The number of rotatable bonds is 4. The predicted molar refractivity (Wildman–Crippen MR) is 82.9 cm³/mol. The van der Waals surface area contributed by atoms with Crippen molar-refractivity contribution >= 4 is 23.2 Å². The highest BCUT2D eigenvalue weighted by atomic mass is 35.5. The van der Waals surface area contributed by atoms with E-state index in [0.29, 0.717) is 17.3 Å². The summed E-state index contributed by atoms with van der Waals surface area (Å²) in [6.45, 7) is 2.34. The maximum atomic E-state index is 12.1. The monoisotopic (exact) mass is 288 g/mol. The van der Waals surface area contributed by atoms with Crippen molar-refractivity contribution in [2.75, 3.05) is 5.32 Å². The van der Waals surface area contributed by atoms with Gasteiger partial charge in [0.15, 0.2) is 0 Å². The third kappa shape index (κ3) is 3.38. The molecule has 0 aromatic heterocycles. The van der Waals surface area contributed by atoms with E-state index in [4.69, 9.17) is 17.3 Å². The third-order valence-corrected chi connectivity index (χ3v) is 3.49. The Labute approximate surface area is 123 Å². The number of anilines is 1. The van der Waals surface area contributed by atoms with Gasteiger partial charge in [-0.25, -0.2) is 0 Å². The molecule has 2 aromatic carbocycles. The highest BCUT2D eigenvalue weighted by Gasteiger charge is 2.10. The number of carbonyl (C=O) groups is 1. The highest BCUT2D eigenvalue weighted by molar-refractivity contribution is 6.33. The highest BCUT2D eigenvalue weighted by Crippen LogP contribution is 2.25. The molecule has 3 N–H and O–H groups in total. The lowest BCUT2D eigenvalue weighted by Crippen LogP contribution is -2.17. The van der Waals surface area contributed by atoms with Crippen LogP contribution < -0.4 is 11.1 Å². The number of halogens is 1. The van der Waals surface area contributed by atoms with Crippen molar-refractivity contribution < 1.29 is 4.79 Å². The third-order valence-electron chi connectivity index (χ3n) is 3.18. The summed E-state index contributed by atoms with van der Waals surface area (Å²) in [7, 11) is 0. The summed E-state index contributed by atoms with van der Waals surface area (Å²) < 4.78 is 0. The standard InChI is InChI=1S/C16H17ClN2O/c1-11-5-4-8-14(17)16(11)19-15(20)9-12-6-2-3-7-13(12)10-18/h2-8H,9-10,18H2,1H3,(H,19,20). The molecule has 0 aliphatic heterocycles. The summed E-state index contributed by atoms with van der Waals surface area (Å²) >= 11 is 6.10. The van der Waals surface area contributed by atoms with E-state index in [1.807, 2.05) is 43.3 Å². The average Bonchev–Trinajstić information content (AvgIpc) is 2.44. The molecule has 0 atom stereocenters. The normalized spacial score (nSPS) is 10.3. The van der Waals surface area contributed by atoms with Gasteiger partial charge in [0.1, 0.15) is 0 Å². The number of aryl methyl sites for hydroxylation is 1. The number of para-hydroxylation sites is 1. The molecule has 104 valence electrons. The van der Waals surface area contributed by atoms with Crippen LogP contribution in [0.15, 0.2) is 42.5 Å². The van der Waals surface area contributed by atoms with Gasteiger partial charge in [-0.15, -0.1) is 0 Å². The number of amides is 1. The molecule has 2 aromatic rings. The molecule has 0 fully saturated rings. The molecule has 0 heterocycles. The van der Waals surface area contributed by atoms with Gasteiger partial charge < -0.3 is 11.1 Å². The fraction of sp³-hybridized carbons (Fsp3) is 0.188. The predicted octanol–water partition coefficient (Wildman–Crippen LogP) is 3.29. The van der Waals surface area contributed by atoms with Gasteiger partial charge in [0.05, 0.1) is 17.1 Å². The Morgan fingerprint density at radius 1 is 1.15 bits per heavy atom. The first-order chi connectivity index (χ1) is 9.61. The van der Waals surface area contributed by atoms with Gasteiger partial charge in [-0.2, -0.15) is 0 Å². The minimum atomic E-state index is -0.0953. The van der Waals surface area contributed by atoms with E-state index in [1.54, 1.807) is 6.07 Å². The smallest absolute Gasteiger partial charge is 0.228 e. The summed E-state index contributed by atoms with van der Waals surface area (Å²) in [6.07, 6.45) is 0.290. The zero-order chi connectivity index (χ0) is 14.5. The van der Waals surface area contributed by atoms with Gasteiger partial charge in [0.25, 0.3) is 0 Å². The zero-order valence-corrected chi connectivity index (χ0v) is 12.1. The van der Waals surface area contributed by atoms with Crippen molar-refractivity contribution in [3.05, 3.63) is 64.2 Å². The number of nitrogens with one attached hydrogen (secondary N) is 1. The molecule has 0 saturated heterocycles. The van der Waals surface area contributed by atoms with Crippen molar-refractivity contribution in [2.24, 2.45) is 5.73 Å². The van der Waals surface area contributed by atoms with Crippen LogP contribution in [0.5, 0.6) is 0 Å². The fourth-order valence-corrected chi connectivity index (χ4v) is 2.34. The van der Waals surface area contributed by atoms with Crippen molar-refractivity contribution in [3.8, 4) is 0 Å². The van der Waals surface area contributed by atoms with Gasteiger partial charge in [-0.05, 0) is 29.7 Å². The van der Waals surface area contributed by atoms with E-state index in [0.717, 1.165) is 16.7 Å². The minimum absolute atomic E-state index is 0.0953. The molecule has 0 aliphatic carbocycles. The molecule has 0 aliphatic rings. The van der Waals surface area contributed by atoms with Gasteiger partial charge in [0.2, 0.25) is 5.91 Å². The van der Waals surface area contributed by atoms with Crippen molar-refractivity contribution in [3.63, 3.8) is 0 Å². The maximum Gasteiger partial charge on any atom is 0.228 e. The van der Waals surface area contributed by atoms with E-state index in [9.17, 15) is 4.79 Å². The van der Waals surface area contributed by atoms with Crippen molar-refractivity contribution in [2.45, 2.75) is 19.9 Å². The molecular weight excluding hydrogens is 272 g/mol. The van der Waals surface area contributed by atoms with Gasteiger partial charge in [-0.1, -0.05) is 48.0 Å². The van der Waals surface area contributed by atoms with Crippen molar-refractivity contribution in [1.82, 2.24) is 0 Å². The Hall–Kier alpha value is -1.84. The number of carbonyl (C=O) groups excluding carboxylic acids is 1. The van der Waals surface area contributed by atoms with E-state index < -0.39 is 0 Å². The molecular formula is C16H17ClN2O.